The van der Waals surface area contributed by atoms with Crippen LogP contribution in [0.15, 0.2) is 53.8 Å². The van der Waals surface area contributed by atoms with Crippen LogP contribution in [0.4, 0.5) is 4.39 Å². The van der Waals surface area contributed by atoms with Crippen molar-refractivity contribution in [3.8, 4) is 22.9 Å². The maximum absolute atomic E-state index is 13.3. The summed E-state index contributed by atoms with van der Waals surface area (Å²) in [6.07, 6.45) is 2.35. The Morgan fingerprint density at radius 2 is 2.06 bits per heavy atom. The number of fused-ring (bicyclic) bond motifs is 1. The second-order valence-electron chi connectivity index (χ2n) is 6.63. The number of aliphatic hydroxyl groups excluding tert-OH is 1. The first-order valence-corrected chi connectivity index (χ1v) is 10.6. The molecule has 0 saturated carbocycles. The summed E-state index contributed by atoms with van der Waals surface area (Å²) in [5.41, 5.74) is 0.889. The van der Waals surface area contributed by atoms with E-state index in [9.17, 15) is 14.3 Å². The van der Waals surface area contributed by atoms with E-state index in [1.807, 2.05) is 6.26 Å². The number of hydrogen-bond acceptors (Lipinski definition) is 7. The third kappa shape index (κ3) is 4.75. The summed E-state index contributed by atoms with van der Waals surface area (Å²) in [5.74, 6) is 0.959. The highest BCUT2D eigenvalue weighted by molar-refractivity contribution is 7.98. The number of rotatable bonds is 8. The van der Waals surface area contributed by atoms with Crippen molar-refractivity contribution in [2.45, 2.75) is 11.3 Å². The number of ether oxygens (including phenoxy) is 3. The third-order valence-electron chi connectivity index (χ3n) is 4.51. The monoisotopic (exact) mass is 445 g/mol. The first-order valence-electron chi connectivity index (χ1n) is 9.41. The van der Waals surface area contributed by atoms with Gasteiger partial charge in [0.25, 0.3) is 5.91 Å². The van der Waals surface area contributed by atoms with Crippen LogP contribution in [-0.4, -0.2) is 52.9 Å². The quantitative estimate of drug-likeness (QED) is 0.515. The van der Waals surface area contributed by atoms with Crippen molar-refractivity contribution in [2.75, 3.05) is 26.2 Å². The van der Waals surface area contributed by atoms with Gasteiger partial charge >= 0.3 is 0 Å². The predicted octanol–water partition coefficient (Wildman–Crippen LogP) is 2.63. The molecule has 1 aliphatic rings. The van der Waals surface area contributed by atoms with Crippen molar-refractivity contribution in [2.24, 2.45) is 0 Å². The molecule has 2 heterocycles. The van der Waals surface area contributed by atoms with E-state index in [-0.39, 0.29) is 31.5 Å². The minimum Gasteiger partial charge on any atom is -0.491 e. The first kappa shape index (κ1) is 21.0. The smallest absolute Gasteiger partial charge is 0.270 e. The van der Waals surface area contributed by atoms with Crippen LogP contribution in [0.3, 0.4) is 0 Å². The summed E-state index contributed by atoms with van der Waals surface area (Å²) in [6, 6.07) is 10.9. The van der Waals surface area contributed by atoms with Gasteiger partial charge in [-0.05, 0) is 42.7 Å². The standard InChI is InChI=1S/C21H20FN3O5S/c1-31-21-24-10-17(25(21)14-4-2-13(22)3-5-14)20(27)23-9-15(26)11-28-16-6-7-18-19(8-16)30-12-29-18/h2-8,10,15,26H,9,11-12H2,1H3,(H,23,27). The van der Waals surface area contributed by atoms with Crippen molar-refractivity contribution >= 4 is 17.7 Å². The average molecular weight is 445 g/mol. The molecular weight excluding hydrogens is 425 g/mol. The topological polar surface area (TPSA) is 94.8 Å². The molecule has 4 rings (SSSR count). The van der Waals surface area contributed by atoms with Gasteiger partial charge in [0.2, 0.25) is 6.79 Å². The van der Waals surface area contributed by atoms with Crippen LogP contribution < -0.4 is 19.5 Å². The van der Waals surface area contributed by atoms with Crippen LogP contribution in [0.5, 0.6) is 17.2 Å². The molecule has 2 aromatic carbocycles. The summed E-state index contributed by atoms with van der Waals surface area (Å²) in [6.45, 7) is 0.125. The molecular formula is C21H20FN3O5S. The summed E-state index contributed by atoms with van der Waals surface area (Å²) >= 11 is 1.36. The van der Waals surface area contributed by atoms with Crippen molar-refractivity contribution in [3.63, 3.8) is 0 Å². The number of carbonyl (C=O) groups is 1. The Hall–Kier alpha value is -3.24. The molecule has 0 radical (unpaired) electrons. The van der Waals surface area contributed by atoms with Gasteiger partial charge in [-0.2, -0.15) is 0 Å². The van der Waals surface area contributed by atoms with E-state index in [0.29, 0.717) is 28.1 Å². The van der Waals surface area contributed by atoms with E-state index in [0.717, 1.165) is 0 Å². The second-order valence-corrected chi connectivity index (χ2v) is 7.41. The lowest BCUT2D eigenvalue weighted by molar-refractivity contribution is 0.0837. The van der Waals surface area contributed by atoms with E-state index < -0.39 is 12.0 Å². The predicted molar refractivity (Wildman–Crippen MR) is 112 cm³/mol. The van der Waals surface area contributed by atoms with Gasteiger partial charge in [-0.15, -0.1) is 0 Å². The number of benzene rings is 2. The number of imidazole rings is 1. The van der Waals surface area contributed by atoms with E-state index >= 15 is 0 Å². The molecule has 8 nitrogen and oxygen atoms in total. The van der Waals surface area contributed by atoms with Crippen LogP contribution in [0.1, 0.15) is 10.5 Å². The number of thioether (sulfide) groups is 1. The third-order valence-corrected chi connectivity index (χ3v) is 5.17. The molecule has 162 valence electrons. The van der Waals surface area contributed by atoms with Gasteiger partial charge < -0.3 is 24.6 Å². The summed E-state index contributed by atoms with van der Waals surface area (Å²) in [5, 5.41) is 13.5. The molecule has 1 aliphatic heterocycles. The molecule has 1 aromatic heterocycles. The highest BCUT2D eigenvalue weighted by Crippen LogP contribution is 2.35. The van der Waals surface area contributed by atoms with Crippen LogP contribution in [0.25, 0.3) is 5.69 Å². The normalized spacial score (nSPS) is 13.1. The van der Waals surface area contributed by atoms with Gasteiger partial charge in [-0.25, -0.2) is 9.37 Å². The molecule has 0 fully saturated rings. The first-order chi connectivity index (χ1) is 15.0. The second kappa shape index (κ2) is 9.27. The molecule has 0 spiro atoms. The number of amides is 1. The molecule has 3 aromatic rings. The Labute approximate surface area is 182 Å². The van der Waals surface area contributed by atoms with Gasteiger partial charge in [0.1, 0.15) is 30.0 Å². The molecule has 0 bridgehead atoms. The van der Waals surface area contributed by atoms with Crippen molar-refractivity contribution in [1.29, 1.82) is 0 Å². The number of carbonyl (C=O) groups excluding carboxylic acids is 1. The van der Waals surface area contributed by atoms with E-state index in [4.69, 9.17) is 14.2 Å². The number of hydrogen-bond donors (Lipinski definition) is 2. The van der Waals surface area contributed by atoms with Crippen molar-refractivity contribution in [1.82, 2.24) is 14.9 Å². The zero-order valence-electron chi connectivity index (χ0n) is 16.6. The van der Waals surface area contributed by atoms with Crippen LogP contribution in [-0.2, 0) is 0 Å². The Balaban J connectivity index is 1.36. The van der Waals surface area contributed by atoms with E-state index in [1.54, 1.807) is 34.9 Å². The van der Waals surface area contributed by atoms with E-state index in [1.165, 1.54) is 30.1 Å². The fourth-order valence-corrected chi connectivity index (χ4v) is 3.54. The lowest BCUT2D eigenvalue weighted by Gasteiger charge is -2.15. The van der Waals surface area contributed by atoms with Gasteiger partial charge in [0.05, 0.1) is 6.20 Å². The van der Waals surface area contributed by atoms with Crippen LogP contribution in [0, 0.1) is 5.82 Å². The molecule has 1 amide bonds. The van der Waals surface area contributed by atoms with E-state index in [2.05, 4.69) is 10.3 Å². The number of aromatic nitrogens is 2. The van der Waals surface area contributed by atoms with Crippen molar-refractivity contribution in [3.05, 3.63) is 60.2 Å². The Morgan fingerprint density at radius 1 is 1.29 bits per heavy atom. The van der Waals surface area contributed by atoms with Gasteiger partial charge in [-0.1, -0.05) is 11.8 Å². The fourth-order valence-electron chi connectivity index (χ4n) is 3.00. The largest absolute Gasteiger partial charge is 0.491 e. The molecule has 1 unspecified atom stereocenters. The lowest BCUT2D eigenvalue weighted by Crippen LogP contribution is -2.36. The Morgan fingerprint density at radius 3 is 2.84 bits per heavy atom. The molecule has 10 heteroatoms. The minimum absolute atomic E-state index is 0.0206. The fraction of sp³-hybridized carbons (Fsp3) is 0.238. The summed E-state index contributed by atoms with van der Waals surface area (Å²) in [4.78, 5) is 17.0. The SMILES string of the molecule is CSc1ncc(C(=O)NCC(O)COc2ccc3c(c2)OCO3)n1-c1ccc(F)cc1. The summed E-state index contributed by atoms with van der Waals surface area (Å²) in [7, 11) is 0. The molecule has 31 heavy (non-hydrogen) atoms. The summed E-state index contributed by atoms with van der Waals surface area (Å²) < 4.78 is 31.0. The van der Waals surface area contributed by atoms with Crippen LogP contribution >= 0.6 is 11.8 Å². The molecule has 0 aliphatic carbocycles. The number of aliphatic hydroxyl groups is 1. The van der Waals surface area contributed by atoms with Crippen LogP contribution in [0.2, 0.25) is 0 Å². The maximum Gasteiger partial charge on any atom is 0.270 e. The number of nitrogens with zero attached hydrogens (tertiary/aromatic N) is 2. The maximum atomic E-state index is 13.3. The van der Waals surface area contributed by atoms with Gasteiger partial charge in [0.15, 0.2) is 16.7 Å². The number of halogens is 1. The number of nitrogens with one attached hydrogen (secondary N) is 1. The highest BCUT2D eigenvalue weighted by Gasteiger charge is 2.19. The molecule has 0 saturated heterocycles. The van der Waals surface area contributed by atoms with Gasteiger partial charge in [0, 0.05) is 18.3 Å². The molecule has 1 atom stereocenters. The highest BCUT2D eigenvalue weighted by atomic mass is 32.2. The lowest BCUT2D eigenvalue weighted by atomic mass is 10.3. The zero-order chi connectivity index (χ0) is 21.8. The average Bonchev–Trinajstić information content (AvgIpc) is 3.43. The minimum atomic E-state index is -0.934. The van der Waals surface area contributed by atoms with Crippen molar-refractivity contribution < 1.29 is 28.5 Å². The van der Waals surface area contributed by atoms with Gasteiger partial charge in [-0.3, -0.25) is 9.36 Å². The Bertz CT molecular complexity index is 1070. The molecule has 2 N–H and O–H groups in total. The zero-order valence-corrected chi connectivity index (χ0v) is 17.4. The Kier molecular flexibility index (Phi) is 6.28.